The highest BCUT2D eigenvalue weighted by Crippen LogP contribution is 2.48. The van der Waals surface area contributed by atoms with Gasteiger partial charge in [0.05, 0.1) is 24.7 Å². The van der Waals surface area contributed by atoms with Crippen molar-refractivity contribution in [3.63, 3.8) is 0 Å². The third-order valence-corrected chi connectivity index (χ3v) is 10.2. The topological polar surface area (TPSA) is 31.0 Å². The molecule has 11 aromatic rings. The molecule has 0 aliphatic rings. The van der Waals surface area contributed by atoms with E-state index in [1.165, 1.54) is 0 Å². The molecule has 0 unspecified atom stereocenters. The Hall–Kier alpha value is -7.23. The molecule has 0 spiro atoms. The first-order chi connectivity index (χ1) is 30.9. The van der Waals surface area contributed by atoms with Gasteiger partial charge in [-0.3, -0.25) is 4.57 Å². The zero-order valence-corrected chi connectivity index (χ0v) is 28.5. The van der Waals surface area contributed by atoms with Gasteiger partial charge in [0, 0.05) is 22.0 Å². The van der Waals surface area contributed by atoms with Crippen molar-refractivity contribution < 1.29 is 18.1 Å². The van der Waals surface area contributed by atoms with Crippen LogP contribution in [-0.4, -0.2) is 9.55 Å². The molecule has 0 saturated heterocycles. The minimum Gasteiger partial charge on any atom is -0.456 e. The monoisotopic (exact) mass is 698 g/mol. The summed E-state index contributed by atoms with van der Waals surface area (Å²) in [6, 6.07) is 39.0. The van der Waals surface area contributed by atoms with Crippen LogP contribution in [0.5, 0.6) is 0 Å². The minimum absolute atomic E-state index is 0.00538. The molecule has 0 amide bonds. The number of benzene rings is 9. The van der Waals surface area contributed by atoms with Crippen molar-refractivity contribution in [1.29, 1.82) is 0 Å². The highest BCUT2D eigenvalue weighted by Gasteiger charge is 2.21. The van der Waals surface area contributed by atoms with Crippen LogP contribution in [0, 0.1) is 0 Å². The van der Waals surface area contributed by atoms with Crippen LogP contribution in [0.15, 0.2) is 198 Å². The van der Waals surface area contributed by atoms with Crippen molar-refractivity contribution in [2.75, 3.05) is 0 Å². The van der Waals surface area contributed by atoms with Crippen LogP contribution in [0.4, 0.5) is 0 Å². The second-order valence-corrected chi connectivity index (χ2v) is 13.1. The lowest BCUT2D eigenvalue weighted by atomic mass is 9.84. The fourth-order valence-electron chi connectivity index (χ4n) is 7.91. The summed E-state index contributed by atoms with van der Waals surface area (Å²) in [7, 11) is 0. The molecule has 252 valence electrons. The first-order valence-corrected chi connectivity index (χ1v) is 17.6. The Morgan fingerprint density at radius 2 is 1.09 bits per heavy atom. The minimum atomic E-state index is -0.480. The van der Waals surface area contributed by atoms with E-state index in [0.29, 0.717) is 27.9 Å². The van der Waals surface area contributed by atoms with Gasteiger partial charge < -0.3 is 4.42 Å². The van der Waals surface area contributed by atoms with E-state index in [9.17, 15) is 0 Å². The van der Waals surface area contributed by atoms with Gasteiger partial charge >= 0.3 is 0 Å². The molecule has 0 atom stereocenters. The lowest BCUT2D eigenvalue weighted by Crippen LogP contribution is -1.98. The van der Waals surface area contributed by atoms with Crippen molar-refractivity contribution in [1.82, 2.24) is 9.55 Å². The summed E-state index contributed by atoms with van der Waals surface area (Å²) in [5, 5.41) is 5.40. The molecule has 0 N–H and O–H groups in total. The second kappa shape index (κ2) is 12.2. The van der Waals surface area contributed by atoms with E-state index in [2.05, 4.69) is 18.2 Å². The summed E-state index contributed by atoms with van der Waals surface area (Å²) in [4.78, 5) is 4.82. The van der Waals surface area contributed by atoms with Crippen LogP contribution in [0.25, 0.3) is 105 Å². The van der Waals surface area contributed by atoms with E-state index in [1.807, 2.05) is 120 Å². The quantitative estimate of drug-likeness (QED) is 0.168. The van der Waals surface area contributed by atoms with E-state index >= 15 is 0 Å². The van der Waals surface area contributed by atoms with Gasteiger partial charge in [0.2, 0.25) is 0 Å². The Morgan fingerprint density at radius 1 is 0.463 bits per heavy atom. The van der Waals surface area contributed by atoms with E-state index in [1.54, 1.807) is 0 Å². The van der Waals surface area contributed by atoms with Gasteiger partial charge in [-0.15, -0.1) is 0 Å². The smallest absolute Gasteiger partial charge is 0.145 e. The predicted molar refractivity (Wildman–Crippen MR) is 225 cm³/mol. The first kappa shape index (κ1) is 22.0. The van der Waals surface area contributed by atoms with Crippen LogP contribution in [-0.2, 0) is 0 Å². The molecule has 9 aromatic carbocycles. The maximum absolute atomic E-state index is 8.90. The predicted octanol–water partition coefficient (Wildman–Crippen LogP) is 13.9. The average Bonchev–Trinajstić information content (AvgIpc) is 3.90. The molecular formula is C51H32N2O. The standard InChI is InChI=1S/C51H32N2O/c1-3-14-33(15-4-1)36-28-31-40-43(32-36)49(42-21-13-25-47-50(42)41-20-9-12-24-46(41)54-47)39-19-8-7-18-38(39)48(40)34-26-29-37(30-27-34)53-45-23-11-10-22-44(45)52-51(53)35-16-5-2-6-17-35/h1-32H/i1D,2D,3D,4D,5D,6D,14D,15D,16D,17D. The van der Waals surface area contributed by atoms with Crippen LogP contribution in [0.2, 0.25) is 0 Å². The molecule has 0 aliphatic heterocycles. The summed E-state index contributed by atoms with van der Waals surface area (Å²) in [6.07, 6.45) is 0. The summed E-state index contributed by atoms with van der Waals surface area (Å²) in [5.74, 6) is 0.215. The Balaban J connectivity index is 1.20. The maximum atomic E-state index is 8.90. The summed E-state index contributed by atoms with van der Waals surface area (Å²) >= 11 is 0. The third-order valence-electron chi connectivity index (χ3n) is 10.2. The molecule has 0 bridgehead atoms. The van der Waals surface area contributed by atoms with Crippen molar-refractivity contribution in [3.05, 3.63) is 194 Å². The molecular weight excluding hydrogens is 657 g/mol. The zero-order chi connectivity index (χ0) is 44.3. The fraction of sp³-hybridized carbons (Fsp3) is 0. The molecule has 3 nitrogen and oxygen atoms in total. The average molecular weight is 699 g/mol. The SMILES string of the molecule is [2H]c1c([2H])c([2H])c(-c2ccc3c(-c4ccc(-n5c(-c6c([2H])c([2H])c([2H])c([2H])c6[2H])nc6ccccc65)cc4)c4ccccc4c(-c4cccc5oc6ccccc6c45)c3c2)c([2H])c1[2H]. The van der Waals surface area contributed by atoms with Crippen LogP contribution in [0.1, 0.15) is 13.7 Å². The second-order valence-electron chi connectivity index (χ2n) is 13.1. The number of aromatic nitrogens is 2. The van der Waals surface area contributed by atoms with Crippen molar-refractivity contribution in [2.24, 2.45) is 0 Å². The maximum Gasteiger partial charge on any atom is 0.145 e. The highest BCUT2D eigenvalue weighted by molar-refractivity contribution is 6.26. The number of imidazole rings is 1. The fourth-order valence-corrected chi connectivity index (χ4v) is 7.91. The van der Waals surface area contributed by atoms with E-state index < -0.39 is 36.3 Å². The molecule has 3 heteroatoms. The number of rotatable bonds is 5. The highest BCUT2D eigenvalue weighted by atomic mass is 16.3. The number of furan rings is 1. The van der Waals surface area contributed by atoms with Gasteiger partial charge in [0.25, 0.3) is 0 Å². The third kappa shape index (κ3) is 4.72. The molecule has 2 aromatic heterocycles. The largest absolute Gasteiger partial charge is 0.456 e. The van der Waals surface area contributed by atoms with Gasteiger partial charge in [0.15, 0.2) is 0 Å². The Morgan fingerprint density at radius 3 is 1.89 bits per heavy atom. The molecule has 11 rings (SSSR count). The number of fused-ring (bicyclic) bond motifs is 6. The van der Waals surface area contributed by atoms with E-state index in [-0.39, 0.29) is 41.1 Å². The number of para-hydroxylation sites is 3. The van der Waals surface area contributed by atoms with Crippen molar-refractivity contribution in [2.45, 2.75) is 0 Å². The molecule has 0 fully saturated rings. The lowest BCUT2D eigenvalue weighted by Gasteiger charge is -2.19. The number of nitrogens with zero attached hydrogens (tertiary/aromatic N) is 2. The Bertz CT molecular complexity index is 3740. The van der Waals surface area contributed by atoms with Gasteiger partial charge in [-0.25, -0.2) is 4.98 Å². The zero-order valence-electron chi connectivity index (χ0n) is 38.5. The Labute approximate surface area is 326 Å². The van der Waals surface area contributed by atoms with Crippen LogP contribution in [0.3, 0.4) is 0 Å². The summed E-state index contributed by atoms with van der Waals surface area (Å²) in [6.45, 7) is 0. The van der Waals surface area contributed by atoms with Crippen molar-refractivity contribution >= 4 is 54.5 Å². The summed E-state index contributed by atoms with van der Waals surface area (Å²) in [5.41, 5.74) is 7.54. The van der Waals surface area contributed by atoms with Gasteiger partial charge in [-0.05, 0) is 97.4 Å². The molecule has 0 radical (unpaired) electrons. The molecule has 0 aliphatic carbocycles. The molecule has 2 heterocycles. The normalized spacial score (nSPS) is 14.3. The van der Waals surface area contributed by atoms with Crippen LogP contribution >= 0.6 is 0 Å². The Kier molecular flexibility index (Phi) is 4.96. The van der Waals surface area contributed by atoms with Gasteiger partial charge in [-0.2, -0.15) is 0 Å². The lowest BCUT2D eigenvalue weighted by molar-refractivity contribution is 0.669. The number of hydrogen-bond donors (Lipinski definition) is 0. The van der Waals surface area contributed by atoms with E-state index in [0.717, 1.165) is 60.2 Å². The molecule has 54 heavy (non-hydrogen) atoms. The first-order valence-electron chi connectivity index (χ1n) is 22.6. The van der Waals surface area contributed by atoms with Crippen molar-refractivity contribution in [3.8, 4) is 50.5 Å². The van der Waals surface area contributed by atoms with Gasteiger partial charge in [-0.1, -0.05) is 151 Å². The van der Waals surface area contributed by atoms with Crippen LogP contribution < -0.4 is 0 Å². The van der Waals surface area contributed by atoms with E-state index in [4.69, 9.17) is 23.1 Å². The molecule has 0 saturated carbocycles. The number of hydrogen-bond acceptors (Lipinski definition) is 2. The van der Waals surface area contributed by atoms with Gasteiger partial charge in [0.1, 0.15) is 17.0 Å². The summed E-state index contributed by atoms with van der Waals surface area (Å²) < 4.78 is 93.8.